The van der Waals surface area contributed by atoms with Crippen LogP contribution in [0.2, 0.25) is 0 Å². The van der Waals surface area contributed by atoms with Crippen molar-refractivity contribution in [3.05, 3.63) is 35.4 Å². The molecule has 4 nitrogen and oxygen atoms in total. The predicted molar refractivity (Wildman–Crippen MR) is 83.3 cm³/mol. The topological polar surface area (TPSA) is 49.4 Å². The molecular formula is C17H24N2O2. The van der Waals surface area contributed by atoms with Gasteiger partial charge in [0.1, 0.15) is 0 Å². The fourth-order valence-corrected chi connectivity index (χ4v) is 2.70. The Morgan fingerprint density at radius 2 is 2.00 bits per heavy atom. The van der Waals surface area contributed by atoms with Crippen molar-refractivity contribution in [2.24, 2.45) is 5.92 Å². The third kappa shape index (κ3) is 4.06. The highest BCUT2D eigenvalue weighted by Gasteiger charge is 2.22. The zero-order chi connectivity index (χ0) is 15.4. The maximum Gasteiger partial charge on any atom is 0.253 e. The van der Waals surface area contributed by atoms with E-state index >= 15 is 0 Å². The second kappa shape index (κ2) is 6.74. The number of amides is 2. The van der Waals surface area contributed by atoms with Crippen LogP contribution in [-0.4, -0.2) is 35.8 Å². The fraction of sp³-hybridized carbons (Fsp3) is 0.529. The van der Waals surface area contributed by atoms with Crippen molar-refractivity contribution in [1.29, 1.82) is 0 Å². The molecule has 0 bridgehead atoms. The zero-order valence-electron chi connectivity index (χ0n) is 13.1. The van der Waals surface area contributed by atoms with Crippen molar-refractivity contribution in [1.82, 2.24) is 10.2 Å². The van der Waals surface area contributed by atoms with Crippen LogP contribution in [0.3, 0.4) is 0 Å². The maximum atomic E-state index is 12.5. The molecule has 1 unspecified atom stereocenters. The van der Waals surface area contributed by atoms with Crippen molar-refractivity contribution >= 4 is 11.8 Å². The summed E-state index contributed by atoms with van der Waals surface area (Å²) in [6, 6.07) is 7.08. The average Bonchev–Trinajstić information content (AvgIpc) is 2.46. The molecule has 1 N–H and O–H groups in total. The Kier molecular flexibility index (Phi) is 4.99. The number of hydrogen-bond acceptors (Lipinski definition) is 2. The molecule has 1 aliphatic heterocycles. The van der Waals surface area contributed by atoms with E-state index in [0.29, 0.717) is 17.0 Å². The number of benzene rings is 1. The number of likely N-dealkylation sites (tertiary alicyclic amines) is 1. The lowest BCUT2D eigenvalue weighted by Gasteiger charge is -2.31. The van der Waals surface area contributed by atoms with Crippen LogP contribution in [0.25, 0.3) is 0 Å². The monoisotopic (exact) mass is 288 g/mol. The SMILES string of the molecule is CC1CCCN(C(=O)c2cccc(C(=O)NC(C)C)c2)C1. The minimum atomic E-state index is -0.133. The molecule has 1 saturated heterocycles. The summed E-state index contributed by atoms with van der Waals surface area (Å²) in [6.45, 7) is 7.63. The molecule has 1 aromatic carbocycles. The first-order valence-electron chi connectivity index (χ1n) is 7.67. The molecule has 0 aliphatic carbocycles. The van der Waals surface area contributed by atoms with E-state index in [1.807, 2.05) is 18.7 Å². The average molecular weight is 288 g/mol. The quantitative estimate of drug-likeness (QED) is 0.929. The number of nitrogens with zero attached hydrogens (tertiary/aromatic N) is 1. The van der Waals surface area contributed by atoms with E-state index < -0.39 is 0 Å². The Hall–Kier alpha value is -1.84. The largest absolute Gasteiger partial charge is 0.350 e. The normalized spacial score (nSPS) is 18.7. The van der Waals surface area contributed by atoms with E-state index in [9.17, 15) is 9.59 Å². The lowest BCUT2D eigenvalue weighted by molar-refractivity contribution is 0.0683. The van der Waals surface area contributed by atoms with Gasteiger partial charge >= 0.3 is 0 Å². The summed E-state index contributed by atoms with van der Waals surface area (Å²) < 4.78 is 0. The van der Waals surface area contributed by atoms with Gasteiger partial charge in [-0.15, -0.1) is 0 Å². The number of carbonyl (C=O) groups is 2. The van der Waals surface area contributed by atoms with Crippen molar-refractivity contribution in [2.75, 3.05) is 13.1 Å². The third-order valence-electron chi connectivity index (χ3n) is 3.74. The number of rotatable bonds is 3. The molecule has 4 heteroatoms. The minimum absolute atomic E-state index is 0.0285. The van der Waals surface area contributed by atoms with Gasteiger partial charge in [0.05, 0.1) is 0 Å². The Balaban J connectivity index is 2.13. The van der Waals surface area contributed by atoms with Crippen LogP contribution < -0.4 is 5.32 Å². The van der Waals surface area contributed by atoms with Gasteiger partial charge in [0.2, 0.25) is 0 Å². The smallest absolute Gasteiger partial charge is 0.253 e. The summed E-state index contributed by atoms with van der Waals surface area (Å²) >= 11 is 0. The summed E-state index contributed by atoms with van der Waals surface area (Å²) in [6.07, 6.45) is 2.24. The van der Waals surface area contributed by atoms with Crippen LogP contribution in [0.15, 0.2) is 24.3 Å². The Morgan fingerprint density at radius 1 is 1.29 bits per heavy atom. The molecule has 0 spiro atoms. The van der Waals surface area contributed by atoms with Crippen molar-refractivity contribution < 1.29 is 9.59 Å². The molecule has 1 fully saturated rings. The Labute approximate surface area is 126 Å². The van der Waals surface area contributed by atoms with Gasteiger partial charge in [0.15, 0.2) is 0 Å². The summed E-state index contributed by atoms with van der Waals surface area (Å²) in [5.41, 5.74) is 1.14. The van der Waals surface area contributed by atoms with Crippen LogP contribution >= 0.6 is 0 Å². The number of nitrogens with one attached hydrogen (secondary N) is 1. The van der Waals surface area contributed by atoms with Crippen LogP contribution in [0.5, 0.6) is 0 Å². The van der Waals surface area contributed by atoms with Crippen molar-refractivity contribution in [3.8, 4) is 0 Å². The first-order chi connectivity index (χ1) is 9.97. The highest BCUT2D eigenvalue weighted by molar-refractivity contribution is 5.99. The number of piperidine rings is 1. The summed E-state index contributed by atoms with van der Waals surface area (Å²) in [4.78, 5) is 26.5. The van der Waals surface area contributed by atoms with Crippen LogP contribution in [-0.2, 0) is 0 Å². The van der Waals surface area contributed by atoms with Gasteiger partial charge < -0.3 is 10.2 Å². The van der Waals surface area contributed by atoms with Gasteiger partial charge in [-0.1, -0.05) is 13.0 Å². The molecule has 0 aromatic heterocycles. The van der Waals surface area contributed by atoms with Crippen LogP contribution in [0.4, 0.5) is 0 Å². The van der Waals surface area contributed by atoms with Gasteiger partial charge in [-0.2, -0.15) is 0 Å². The van der Waals surface area contributed by atoms with E-state index in [4.69, 9.17) is 0 Å². The van der Waals surface area contributed by atoms with Gasteiger partial charge in [-0.05, 0) is 50.8 Å². The molecule has 1 heterocycles. The van der Waals surface area contributed by atoms with Crippen molar-refractivity contribution in [2.45, 2.75) is 39.7 Å². The highest BCUT2D eigenvalue weighted by atomic mass is 16.2. The van der Waals surface area contributed by atoms with Gasteiger partial charge in [0, 0.05) is 30.3 Å². The Morgan fingerprint density at radius 3 is 2.67 bits per heavy atom. The molecule has 0 saturated carbocycles. The second-order valence-corrected chi connectivity index (χ2v) is 6.21. The van der Waals surface area contributed by atoms with Crippen LogP contribution in [0, 0.1) is 5.92 Å². The lowest BCUT2D eigenvalue weighted by atomic mass is 9.99. The first-order valence-corrected chi connectivity index (χ1v) is 7.67. The molecule has 114 valence electrons. The molecule has 1 aromatic rings. The summed E-state index contributed by atoms with van der Waals surface area (Å²) in [5, 5.41) is 2.85. The fourth-order valence-electron chi connectivity index (χ4n) is 2.70. The van der Waals surface area contributed by atoms with Crippen LogP contribution in [0.1, 0.15) is 54.3 Å². The third-order valence-corrected chi connectivity index (χ3v) is 3.74. The maximum absolute atomic E-state index is 12.5. The van der Waals surface area contributed by atoms with E-state index in [0.717, 1.165) is 19.5 Å². The molecule has 2 amide bonds. The van der Waals surface area contributed by atoms with Gasteiger partial charge in [0.25, 0.3) is 11.8 Å². The second-order valence-electron chi connectivity index (χ2n) is 6.21. The summed E-state index contributed by atoms with van der Waals surface area (Å²) in [5.74, 6) is 0.447. The lowest BCUT2D eigenvalue weighted by Crippen LogP contribution is -2.39. The van der Waals surface area contributed by atoms with Crippen molar-refractivity contribution in [3.63, 3.8) is 0 Å². The van der Waals surface area contributed by atoms with E-state index in [1.165, 1.54) is 6.42 Å². The molecule has 21 heavy (non-hydrogen) atoms. The van der Waals surface area contributed by atoms with E-state index in [-0.39, 0.29) is 17.9 Å². The van der Waals surface area contributed by atoms with Gasteiger partial charge in [-0.3, -0.25) is 9.59 Å². The molecule has 0 radical (unpaired) electrons. The minimum Gasteiger partial charge on any atom is -0.350 e. The predicted octanol–water partition coefficient (Wildman–Crippen LogP) is 2.70. The summed E-state index contributed by atoms with van der Waals surface area (Å²) in [7, 11) is 0. The Bertz CT molecular complexity index is 525. The number of hydrogen-bond donors (Lipinski definition) is 1. The van der Waals surface area contributed by atoms with E-state index in [2.05, 4.69) is 12.2 Å². The standard InChI is InChI=1S/C17H24N2O2/c1-12(2)18-16(20)14-7-4-8-15(10-14)17(21)19-9-5-6-13(3)11-19/h4,7-8,10,12-13H,5-6,9,11H2,1-3H3,(H,18,20). The van der Waals surface area contributed by atoms with E-state index in [1.54, 1.807) is 24.3 Å². The molecule has 1 atom stereocenters. The highest BCUT2D eigenvalue weighted by Crippen LogP contribution is 2.18. The molecule has 2 rings (SSSR count). The number of carbonyl (C=O) groups excluding carboxylic acids is 2. The molecular weight excluding hydrogens is 264 g/mol. The first kappa shape index (κ1) is 15.5. The zero-order valence-corrected chi connectivity index (χ0v) is 13.1. The van der Waals surface area contributed by atoms with Gasteiger partial charge in [-0.25, -0.2) is 0 Å². The molecule has 1 aliphatic rings.